The first-order chi connectivity index (χ1) is 9.37. The van der Waals surface area contributed by atoms with Crippen LogP contribution in [0.2, 0.25) is 10.0 Å². The van der Waals surface area contributed by atoms with Gasteiger partial charge in [-0.05, 0) is 43.0 Å². The van der Waals surface area contributed by atoms with Crippen LogP contribution in [0.1, 0.15) is 24.3 Å². The molecule has 0 unspecified atom stereocenters. The van der Waals surface area contributed by atoms with Crippen molar-refractivity contribution >= 4 is 33.0 Å². The maximum atomic E-state index is 11.6. The Morgan fingerprint density at radius 3 is 2.70 bits per heavy atom. The van der Waals surface area contributed by atoms with Gasteiger partial charge in [0, 0.05) is 18.7 Å². The zero-order valence-corrected chi connectivity index (χ0v) is 13.7. The monoisotopic (exact) mass is 335 g/mol. The van der Waals surface area contributed by atoms with Crippen LogP contribution >= 0.6 is 23.2 Å². The molecule has 1 aromatic carbocycles. The van der Waals surface area contributed by atoms with Gasteiger partial charge in [0.15, 0.2) is 0 Å². The molecule has 0 bridgehead atoms. The van der Waals surface area contributed by atoms with Crippen molar-refractivity contribution in [1.29, 1.82) is 0 Å². The number of hydrogen-bond acceptors (Lipinski definition) is 3. The van der Waals surface area contributed by atoms with Gasteiger partial charge in [0.1, 0.15) is 9.84 Å². The van der Waals surface area contributed by atoms with Gasteiger partial charge in [0.2, 0.25) is 0 Å². The van der Waals surface area contributed by atoms with Crippen LogP contribution in [-0.2, 0) is 9.84 Å². The molecule has 2 atom stereocenters. The SMILES string of the molecule is CS(=O)(=O)C[C@@H]1CCCNC[C@H]1c1ccc(Cl)c(Cl)c1. The third-order valence-corrected chi connectivity index (χ3v) is 5.52. The maximum absolute atomic E-state index is 11.6. The van der Waals surface area contributed by atoms with E-state index in [4.69, 9.17) is 23.2 Å². The predicted octanol–water partition coefficient (Wildman–Crippen LogP) is 3.12. The van der Waals surface area contributed by atoms with Gasteiger partial charge in [-0.2, -0.15) is 0 Å². The van der Waals surface area contributed by atoms with E-state index >= 15 is 0 Å². The Labute approximate surface area is 130 Å². The molecule has 3 nitrogen and oxygen atoms in total. The highest BCUT2D eigenvalue weighted by atomic mass is 35.5. The molecule has 6 heteroatoms. The highest BCUT2D eigenvalue weighted by Crippen LogP contribution is 2.33. The zero-order valence-electron chi connectivity index (χ0n) is 11.4. The molecule has 0 radical (unpaired) electrons. The van der Waals surface area contributed by atoms with E-state index in [2.05, 4.69) is 5.32 Å². The normalized spacial score (nSPS) is 24.4. The number of rotatable bonds is 3. The van der Waals surface area contributed by atoms with E-state index in [-0.39, 0.29) is 17.6 Å². The van der Waals surface area contributed by atoms with Gasteiger partial charge in [-0.25, -0.2) is 8.42 Å². The first-order valence-corrected chi connectivity index (χ1v) is 9.52. The van der Waals surface area contributed by atoms with Crippen molar-refractivity contribution in [3.8, 4) is 0 Å². The summed E-state index contributed by atoms with van der Waals surface area (Å²) in [6, 6.07) is 5.58. The van der Waals surface area contributed by atoms with Crippen molar-refractivity contribution in [2.45, 2.75) is 18.8 Å². The van der Waals surface area contributed by atoms with Crippen LogP contribution in [0.3, 0.4) is 0 Å². The number of benzene rings is 1. The second-order valence-electron chi connectivity index (χ2n) is 5.48. The van der Waals surface area contributed by atoms with Gasteiger partial charge in [0.05, 0.1) is 15.8 Å². The van der Waals surface area contributed by atoms with Crippen LogP contribution in [0.5, 0.6) is 0 Å². The molecule has 1 fully saturated rings. The largest absolute Gasteiger partial charge is 0.316 e. The summed E-state index contributed by atoms with van der Waals surface area (Å²) in [6.45, 7) is 1.70. The van der Waals surface area contributed by atoms with Crippen molar-refractivity contribution in [2.24, 2.45) is 5.92 Å². The van der Waals surface area contributed by atoms with E-state index in [0.717, 1.165) is 31.5 Å². The van der Waals surface area contributed by atoms with Crippen LogP contribution in [-0.4, -0.2) is 33.5 Å². The molecule has 0 aromatic heterocycles. The third kappa shape index (κ3) is 4.35. The van der Waals surface area contributed by atoms with E-state index < -0.39 is 9.84 Å². The molecular formula is C14H19Cl2NO2S. The topological polar surface area (TPSA) is 46.2 Å². The predicted molar refractivity (Wildman–Crippen MR) is 84.5 cm³/mol. The zero-order chi connectivity index (χ0) is 14.8. The van der Waals surface area contributed by atoms with Crippen molar-refractivity contribution in [1.82, 2.24) is 5.32 Å². The number of nitrogens with one attached hydrogen (secondary N) is 1. The summed E-state index contributed by atoms with van der Waals surface area (Å²) < 4.78 is 23.3. The summed E-state index contributed by atoms with van der Waals surface area (Å²) >= 11 is 12.0. The molecule has 1 aliphatic heterocycles. The minimum Gasteiger partial charge on any atom is -0.316 e. The van der Waals surface area contributed by atoms with Gasteiger partial charge >= 0.3 is 0 Å². The summed E-state index contributed by atoms with van der Waals surface area (Å²) in [5.74, 6) is 0.499. The lowest BCUT2D eigenvalue weighted by Crippen LogP contribution is -2.27. The van der Waals surface area contributed by atoms with Gasteiger partial charge in [0.25, 0.3) is 0 Å². The first kappa shape index (κ1) is 16.1. The maximum Gasteiger partial charge on any atom is 0.147 e. The molecule has 0 saturated carbocycles. The lowest BCUT2D eigenvalue weighted by molar-refractivity contribution is 0.446. The second-order valence-corrected chi connectivity index (χ2v) is 8.48. The van der Waals surface area contributed by atoms with E-state index in [0.29, 0.717) is 10.0 Å². The van der Waals surface area contributed by atoms with Crippen LogP contribution in [0, 0.1) is 5.92 Å². The Bertz CT molecular complexity index is 575. The fourth-order valence-corrected chi connectivity index (χ4v) is 4.32. The van der Waals surface area contributed by atoms with Crippen molar-refractivity contribution in [2.75, 3.05) is 25.1 Å². The fourth-order valence-electron chi connectivity index (χ4n) is 2.84. The molecule has 20 heavy (non-hydrogen) atoms. The number of halogens is 2. The van der Waals surface area contributed by atoms with Gasteiger partial charge in [-0.1, -0.05) is 29.3 Å². The van der Waals surface area contributed by atoms with Gasteiger partial charge < -0.3 is 5.32 Å². The highest BCUT2D eigenvalue weighted by Gasteiger charge is 2.28. The van der Waals surface area contributed by atoms with Crippen LogP contribution < -0.4 is 5.32 Å². The standard InChI is InChI=1S/C14H19Cl2NO2S/c1-20(18,19)9-11-3-2-6-17-8-12(11)10-4-5-13(15)14(16)7-10/h4-5,7,11-12,17H,2-3,6,8-9H2,1H3/t11-,12-/m0/s1. The van der Waals surface area contributed by atoms with Crippen LogP contribution in [0.25, 0.3) is 0 Å². The Balaban J connectivity index is 2.29. The molecule has 1 heterocycles. The van der Waals surface area contributed by atoms with Crippen molar-refractivity contribution in [3.63, 3.8) is 0 Å². The molecule has 0 aliphatic carbocycles. The first-order valence-electron chi connectivity index (χ1n) is 6.70. The average molecular weight is 336 g/mol. The summed E-state index contributed by atoms with van der Waals surface area (Å²) in [5.41, 5.74) is 1.06. The Morgan fingerprint density at radius 1 is 1.30 bits per heavy atom. The van der Waals surface area contributed by atoms with Gasteiger partial charge in [-0.3, -0.25) is 0 Å². The Morgan fingerprint density at radius 2 is 2.05 bits per heavy atom. The Hall–Kier alpha value is -0.290. The van der Waals surface area contributed by atoms with Crippen molar-refractivity contribution < 1.29 is 8.42 Å². The minimum atomic E-state index is -2.99. The van der Waals surface area contributed by atoms with E-state index in [1.807, 2.05) is 12.1 Å². The number of sulfone groups is 1. The molecule has 0 amide bonds. The fraction of sp³-hybridized carbons (Fsp3) is 0.571. The smallest absolute Gasteiger partial charge is 0.147 e. The summed E-state index contributed by atoms with van der Waals surface area (Å²) in [7, 11) is -2.99. The molecule has 1 saturated heterocycles. The van der Waals surface area contributed by atoms with Crippen molar-refractivity contribution in [3.05, 3.63) is 33.8 Å². The second kappa shape index (κ2) is 6.65. The molecule has 112 valence electrons. The molecular weight excluding hydrogens is 317 g/mol. The van der Waals surface area contributed by atoms with E-state index in [9.17, 15) is 8.42 Å². The summed E-state index contributed by atoms with van der Waals surface area (Å²) in [6.07, 6.45) is 3.21. The molecule has 0 spiro atoms. The quantitative estimate of drug-likeness (QED) is 0.922. The Kier molecular flexibility index (Phi) is 5.35. The minimum absolute atomic E-state index is 0.122. The summed E-state index contributed by atoms with van der Waals surface area (Å²) in [5, 5.41) is 4.42. The highest BCUT2D eigenvalue weighted by molar-refractivity contribution is 7.90. The van der Waals surface area contributed by atoms with E-state index in [1.165, 1.54) is 6.26 Å². The molecule has 1 N–H and O–H groups in total. The summed E-state index contributed by atoms with van der Waals surface area (Å²) in [4.78, 5) is 0. The third-order valence-electron chi connectivity index (χ3n) is 3.75. The van der Waals surface area contributed by atoms with Crippen LogP contribution in [0.4, 0.5) is 0 Å². The van der Waals surface area contributed by atoms with Crippen LogP contribution in [0.15, 0.2) is 18.2 Å². The molecule has 1 aliphatic rings. The number of hydrogen-bond donors (Lipinski definition) is 1. The average Bonchev–Trinajstić information content (AvgIpc) is 2.56. The molecule has 1 aromatic rings. The molecule has 2 rings (SSSR count). The van der Waals surface area contributed by atoms with E-state index in [1.54, 1.807) is 6.07 Å². The lowest BCUT2D eigenvalue weighted by atomic mass is 9.85. The lowest BCUT2D eigenvalue weighted by Gasteiger charge is -2.25. The van der Waals surface area contributed by atoms with Gasteiger partial charge in [-0.15, -0.1) is 0 Å².